The highest BCUT2D eigenvalue weighted by Crippen LogP contribution is 2.18. The largest absolute Gasteiger partial charge is 0.478 e. The molecule has 0 spiro atoms. The van der Waals surface area contributed by atoms with Gasteiger partial charge < -0.3 is 19.1 Å². The summed E-state index contributed by atoms with van der Waals surface area (Å²) in [6.45, 7) is 7.02. The van der Waals surface area contributed by atoms with Crippen LogP contribution in [-0.2, 0) is 0 Å². The summed E-state index contributed by atoms with van der Waals surface area (Å²) < 4.78 is 10.4. The number of nitrogens with zero attached hydrogens (tertiary/aromatic N) is 4. The van der Waals surface area contributed by atoms with Gasteiger partial charge in [0.1, 0.15) is 11.6 Å². The average Bonchev–Trinajstić information content (AvgIpc) is 3.01. The van der Waals surface area contributed by atoms with E-state index in [0.29, 0.717) is 37.0 Å². The van der Waals surface area contributed by atoms with Gasteiger partial charge in [-0.05, 0) is 19.9 Å². The first-order chi connectivity index (χ1) is 11.2. The van der Waals surface area contributed by atoms with Crippen LogP contribution < -0.4 is 9.64 Å². The van der Waals surface area contributed by atoms with Crippen LogP contribution in [0.5, 0.6) is 5.88 Å². The molecule has 1 amide bonds. The molecule has 122 valence electrons. The number of aromatic nitrogens is 2. The molecule has 0 N–H and O–H groups in total. The van der Waals surface area contributed by atoms with E-state index < -0.39 is 0 Å². The van der Waals surface area contributed by atoms with Gasteiger partial charge in [0.2, 0.25) is 5.88 Å². The van der Waals surface area contributed by atoms with Crippen molar-refractivity contribution in [2.75, 3.05) is 37.7 Å². The Morgan fingerprint density at radius 1 is 1.30 bits per heavy atom. The van der Waals surface area contributed by atoms with Crippen LogP contribution in [0.2, 0.25) is 0 Å². The highest BCUT2D eigenvalue weighted by molar-refractivity contribution is 5.92. The van der Waals surface area contributed by atoms with Crippen molar-refractivity contribution in [2.24, 2.45) is 0 Å². The van der Waals surface area contributed by atoms with Gasteiger partial charge in [-0.15, -0.1) is 0 Å². The molecule has 2 aromatic rings. The molecule has 1 saturated heterocycles. The second-order valence-electron chi connectivity index (χ2n) is 5.37. The summed E-state index contributed by atoms with van der Waals surface area (Å²) in [6, 6.07) is 7.41. The van der Waals surface area contributed by atoms with E-state index in [1.54, 1.807) is 17.9 Å². The minimum atomic E-state index is -0.0856. The quantitative estimate of drug-likeness (QED) is 0.855. The molecule has 7 nitrogen and oxygen atoms in total. The van der Waals surface area contributed by atoms with Crippen LogP contribution in [0.1, 0.15) is 23.2 Å². The first-order valence-electron chi connectivity index (χ1n) is 7.75. The molecule has 1 aliphatic heterocycles. The van der Waals surface area contributed by atoms with Crippen molar-refractivity contribution in [1.29, 1.82) is 0 Å². The van der Waals surface area contributed by atoms with E-state index in [-0.39, 0.29) is 5.91 Å². The Morgan fingerprint density at radius 3 is 2.74 bits per heavy atom. The molecule has 3 rings (SSSR count). The third-order valence-corrected chi connectivity index (χ3v) is 3.74. The number of anilines is 1. The number of rotatable bonds is 4. The highest BCUT2D eigenvalue weighted by atomic mass is 16.5. The number of piperazine rings is 1. The van der Waals surface area contributed by atoms with Crippen molar-refractivity contribution >= 4 is 11.7 Å². The van der Waals surface area contributed by atoms with Crippen LogP contribution in [0, 0.1) is 6.92 Å². The first kappa shape index (κ1) is 15.3. The van der Waals surface area contributed by atoms with Gasteiger partial charge in [-0.1, -0.05) is 11.2 Å². The fraction of sp³-hybridized carbons (Fsp3) is 0.438. The van der Waals surface area contributed by atoms with E-state index in [1.807, 2.05) is 25.1 Å². The van der Waals surface area contributed by atoms with Gasteiger partial charge >= 0.3 is 0 Å². The van der Waals surface area contributed by atoms with Crippen molar-refractivity contribution in [1.82, 2.24) is 15.0 Å². The number of carbonyl (C=O) groups excluding carboxylic acids is 1. The Balaban J connectivity index is 1.62. The zero-order chi connectivity index (χ0) is 16.2. The van der Waals surface area contributed by atoms with Crippen LogP contribution in [0.4, 0.5) is 5.82 Å². The number of ether oxygens (including phenoxy) is 1. The van der Waals surface area contributed by atoms with E-state index in [9.17, 15) is 4.79 Å². The predicted molar refractivity (Wildman–Crippen MR) is 84.8 cm³/mol. The summed E-state index contributed by atoms with van der Waals surface area (Å²) in [4.78, 5) is 20.8. The molecule has 3 heterocycles. The topological polar surface area (TPSA) is 71.7 Å². The Kier molecular flexibility index (Phi) is 4.45. The molecule has 0 aliphatic carbocycles. The monoisotopic (exact) mass is 316 g/mol. The number of aryl methyl sites for hydroxylation is 1. The zero-order valence-electron chi connectivity index (χ0n) is 13.4. The highest BCUT2D eigenvalue weighted by Gasteiger charge is 2.24. The van der Waals surface area contributed by atoms with Gasteiger partial charge in [0.25, 0.3) is 5.91 Å². The zero-order valence-corrected chi connectivity index (χ0v) is 13.4. The van der Waals surface area contributed by atoms with Gasteiger partial charge in [0.05, 0.1) is 6.61 Å². The molecule has 0 saturated carbocycles. The van der Waals surface area contributed by atoms with Gasteiger partial charge in [-0.2, -0.15) is 4.98 Å². The number of pyridine rings is 1. The Labute approximate surface area is 134 Å². The fourth-order valence-electron chi connectivity index (χ4n) is 2.58. The predicted octanol–water partition coefficient (Wildman–Crippen LogP) is 1.74. The molecule has 23 heavy (non-hydrogen) atoms. The number of carbonyl (C=O) groups is 1. The van der Waals surface area contributed by atoms with Gasteiger partial charge in [-0.25, -0.2) is 0 Å². The molecule has 0 unspecified atom stereocenters. The standard InChI is InChI=1S/C16H20N4O3/c1-3-22-15-6-4-5-14(17-15)19-7-9-20(10-8-19)16(21)13-11-12(2)23-18-13/h4-6,11H,3,7-10H2,1-2H3. The molecule has 0 aromatic carbocycles. The van der Waals surface area contributed by atoms with Crippen molar-refractivity contribution in [3.05, 3.63) is 35.7 Å². The van der Waals surface area contributed by atoms with Gasteiger partial charge in [-0.3, -0.25) is 4.79 Å². The van der Waals surface area contributed by atoms with Crippen molar-refractivity contribution < 1.29 is 14.1 Å². The molecule has 7 heteroatoms. The van der Waals surface area contributed by atoms with E-state index in [2.05, 4.69) is 15.0 Å². The molecule has 2 aromatic heterocycles. The summed E-state index contributed by atoms with van der Waals surface area (Å²) in [5.41, 5.74) is 0.368. The van der Waals surface area contributed by atoms with Crippen LogP contribution in [0.3, 0.4) is 0 Å². The van der Waals surface area contributed by atoms with E-state index >= 15 is 0 Å². The van der Waals surface area contributed by atoms with E-state index in [4.69, 9.17) is 9.26 Å². The normalized spacial score (nSPS) is 14.9. The second kappa shape index (κ2) is 6.68. The average molecular weight is 316 g/mol. The van der Waals surface area contributed by atoms with Gasteiger partial charge in [0.15, 0.2) is 5.69 Å². The minimum Gasteiger partial charge on any atom is -0.478 e. The lowest BCUT2D eigenvalue weighted by Crippen LogP contribution is -2.49. The molecule has 1 fully saturated rings. The second-order valence-corrected chi connectivity index (χ2v) is 5.37. The van der Waals surface area contributed by atoms with Crippen LogP contribution in [0.15, 0.2) is 28.8 Å². The maximum Gasteiger partial charge on any atom is 0.276 e. The Hall–Kier alpha value is -2.57. The lowest BCUT2D eigenvalue weighted by atomic mass is 10.2. The lowest BCUT2D eigenvalue weighted by Gasteiger charge is -2.35. The van der Waals surface area contributed by atoms with Crippen molar-refractivity contribution in [3.8, 4) is 5.88 Å². The molecule has 0 bridgehead atoms. The Bertz CT molecular complexity index is 677. The maximum atomic E-state index is 12.3. The number of amides is 1. The molecule has 1 aliphatic rings. The summed E-state index contributed by atoms with van der Waals surface area (Å²) in [7, 11) is 0. The van der Waals surface area contributed by atoms with Crippen LogP contribution in [0.25, 0.3) is 0 Å². The van der Waals surface area contributed by atoms with Gasteiger partial charge in [0, 0.05) is 38.3 Å². The summed E-state index contributed by atoms with van der Waals surface area (Å²) >= 11 is 0. The summed E-state index contributed by atoms with van der Waals surface area (Å²) in [5.74, 6) is 2.06. The third kappa shape index (κ3) is 3.44. The maximum absolute atomic E-state index is 12.3. The Morgan fingerprint density at radius 2 is 2.09 bits per heavy atom. The van der Waals surface area contributed by atoms with Crippen molar-refractivity contribution in [2.45, 2.75) is 13.8 Å². The molecule has 0 atom stereocenters. The summed E-state index contributed by atoms with van der Waals surface area (Å²) in [5, 5.41) is 3.79. The first-order valence-corrected chi connectivity index (χ1v) is 7.75. The van der Waals surface area contributed by atoms with E-state index in [0.717, 1.165) is 18.9 Å². The smallest absolute Gasteiger partial charge is 0.276 e. The molecule has 0 radical (unpaired) electrons. The van der Waals surface area contributed by atoms with Crippen molar-refractivity contribution in [3.63, 3.8) is 0 Å². The van der Waals surface area contributed by atoms with E-state index in [1.165, 1.54) is 0 Å². The molecular weight excluding hydrogens is 296 g/mol. The fourth-order valence-corrected chi connectivity index (χ4v) is 2.58. The third-order valence-electron chi connectivity index (χ3n) is 3.74. The number of hydrogen-bond acceptors (Lipinski definition) is 6. The SMILES string of the molecule is CCOc1cccc(N2CCN(C(=O)c3cc(C)on3)CC2)n1. The van der Waals surface area contributed by atoms with Crippen LogP contribution in [-0.4, -0.2) is 53.7 Å². The minimum absolute atomic E-state index is 0.0856. The number of hydrogen-bond donors (Lipinski definition) is 0. The summed E-state index contributed by atoms with van der Waals surface area (Å²) in [6.07, 6.45) is 0. The van der Waals surface area contributed by atoms with Crippen LogP contribution >= 0.6 is 0 Å². The lowest BCUT2D eigenvalue weighted by molar-refractivity contribution is 0.0736. The molecular formula is C16H20N4O3.